The number of aliphatic hydroxyl groups excluding tert-OH is 5. The molecule has 8 heteroatoms. The summed E-state index contributed by atoms with van der Waals surface area (Å²) in [6.45, 7) is 4.11. The van der Waals surface area contributed by atoms with Gasteiger partial charge in [0.1, 0.15) is 18.3 Å². The van der Waals surface area contributed by atoms with Gasteiger partial charge in [-0.2, -0.15) is 0 Å². The van der Waals surface area contributed by atoms with E-state index in [1.54, 1.807) is 0 Å². The Kier molecular flexibility index (Phi) is 8.50. The summed E-state index contributed by atoms with van der Waals surface area (Å²) in [5.41, 5.74) is 0. The SMILES string of the molecule is OC[C@@H](O)[C@@H](O)[C@H](O)[C@@H](O)CNCCN1CCOCC1. The largest absolute Gasteiger partial charge is 0.394 e. The van der Waals surface area contributed by atoms with Gasteiger partial charge in [-0.3, -0.25) is 4.90 Å². The van der Waals surface area contributed by atoms with Crippen molar-refractivity contribution in [3.8, 4) is 0 Å². The highest BCUT2D eigenvalue weighted by atomic mass is 16.5. The van der Waals surface area contributed by atoms with Crippen LogP contribution >= 0.6 is 0 Å². The molecule has 0 aliphatic carbocycles. The zero-order valence-electron chi connectivity index (χ0n) is 11.6. The van der Waals surface area contributed by atoms with Gasteiger partial charge in [0.25, 0.3) is 0 Å². The Morgan fingerprint density at radius 3 is 2.20 bits per heavy atom. The summed E-state index contributed by atoms with van der Waals surface area (Å²) >= 11 is 0. The molecule has 0 aromatic heterocycles. The second-order valence-electron chi connectivity index (χ2n) is 4.96. The van der Waals surface area contributed by atoms with Gasteiger partial charge in [0.05, 0.1) is 25.9 Å². The second-order valence-corrected chi connectivity index (χ2v) is 4.96. The van der Waals surface area contributed by atoms with Crippen LogP contribution in [0.4, 0.5) is 0 Å². The van der Waals surface area contributed by atoms with Gasteiger partial charge in [0, 0.05) is 32.7 Å². The number of hydrogen-bond donors (Lipinski definition) is 6. The molecule has 1 rings (SSSR count). The molecule has 1 fully saturated rings. The van der Waals surface area contributed by atoms with E-state index in [0.29, 0.717) is 6.54 Å². The lowest BCUT2D eigenvalue weighted by atomic mass is 10.0. The molecule has 120 valence electrons. The second kappa shape index (κ2) is 9.59. The van der Waals surface area contributed by atoms with E-state index in [1.807, 2.05) is 0 Å². The van der Waals surface area contributed by atoms with Crippen molar-refractivity contribution in [2.45, 2.75) is 24.4 Å². The summed E-state index contributed by atoms with van der Waals surface area (Å²) in [5.74, 6) is 0. The van der Waals surface area contributed by atoms with Gasteiger partial charge in [0.15, 0.2) is 0 Å². The summed E-state index contributed by atoms with van der Waals surface area (Å²) in [6, 6.07) is 0. The van der Waals surface area contributed by atoms with Gasteiger partial charge < -0.3 is 35.6 Å². The van der Waals surface area contributed by atoms with Gasteiger partial charge >= 0.3 is 0 Å². The van der Waals surface area contributed by atoms with Gasteiger partial charge in [-0.05, 0) is 0 Å². The molecule has 0 unspecified atom stereocenters. The molecular formula is C12H26N2O6. The lowest BCUT2D eigenvalue weighted by Gasteiger charge is -2.28. The highest BCUT2D eigenvalue weighted by molar-refractivity contribution is 4.81. The fourth-order valence-electron chi connectivity index (χ4n) is 2.00. The number of nitrogens with one attached hydrogen (secondary N) is 1. The van der Waals surface area contributed by atoms with Crippen molar-refractivity contribution in [1.29, 1.82) is 0 Å². The molecule has 1 saturated heterocycles. The van der Waals surface area contributed by atoms with E-state index in [0.717, 1.165) is 32.8 Å². The monoisotopic (exact) mass is 294 g/mol. The predicted molar refractivity (Wildman–Crippen MR) is 71.2 cm³/mol. The number of hydrogen-bond acceptors (Lipinski definition) is 8. The van der Waals surface area contributed by atoms with Crippen LogP contribution in [0.2, 0.25) is 0 Å². The van der Waals surface area contributed by atoms with Gasteiger partial charge in [-0.1, -0.05) is 0 Å². The topological polar surface area (TPSA) is 126 Å². The number of nitrogens with zero attached hydrogens (tertiary/aromatic N) is 1. The number of rotatable bonds is 9. The average Bonchev–Trinajstić information content (AvgIpc) is 2.50. The third-order valence-electron chi connectivity index (χ3n) is 3.39. The predicted octanol–water partition coefficient (Wildman–Crippen LogP) is -3.66. The molecule has 0 bridgehead atoms. The first-order valence-electron chi connectivity index (χ1n) is 6.90. The lowest BCUT2D eigenvalue weighted by Crippen LogP contribution is -2.49. The lowest BCUT2D eigenvalue weighted by molar-refractivity contribution is -0.114. The summed E-state index contributed by atoms with van der Waals surface area (Å²) in [7, 11) is 0. The Labute approximate surface area is 118 Å². The van der Waals surface area contributed by atoms with Crippen LogP contribution in [0.5, 0.6) is 0 Å². The van der Waals surface area contributed by atoms with Gasteiger partial charge in [-0.25, -0.2) is 0 Å². The smallest absolute Gasteiger partial charge is 0.111 e. The number of aliphatic hydroxyl groups is 5. The van der Waals surface area contributed by atoms with Crippen LogP contribution in [-0.4, -0.2) is 107 Å². The molecular weight excluding hydrogens is 268 g/mol. The van der Waals surface area contributed by atoms with Crippen molar-refractivity contribution in [2.75, 3.05) is 52.5 Å². The van der Waals surface area contributed by atoms with E-state index in [2.05, 4.69) is 10.2 Å². The normalized spacial score (nSPS) is 23.2. The standard InChI is InChI=1S/C12H26N2O6/c15-8-10(17)12(19)11(18)9(16)7-13-1-2-14-3-5-20-6-4-14/h9-13,15-19H,1-8H2/t9-,10+,11+,12+/m0/s1. The highest BCUT2D eigenvalue weighted by Crippen LogP contribution is 2.04. The fourth-order valence-corrected chi connectivity index (χ4v) is 2.00. The van der Waals surface area contributed by atoms with Crippen molar-refractivity contribution < 1.29 is 30.3 Å². The van der Waals surface area contributed by atoms with E-state index in [-0.39, 0.29) is 6.54 Å². The number of ether oxygens (including phenoxy) is 1. The third kappa shape index (κ3) is 5.98. The molecule has 0 aromatic carbocycles. The van der Waals surface area contributed by atoms with Crippen LogP contribution in [0.25, 0.3) is 0 Å². The molecule has 6 N–H and O–H groups in total. The molecule has 1 aliphatic heterocycles. The molecule has 1 heterocycles. The van der Waals surface area contributed by atoms with Crippen molar-refractivity contribution in [2.24, 2.45) is 0 Å². The van der Waals surface area contributed by atoms with Crippen molar-refractivity contribution in [1.82, 2.24) is 10.2 Å². The Morgan fingerprint density at radius 2 is 1.60 bits per heavy atom. The third-order valence-corrected chi connectivity index (χ3v) is 3.39. The van der Waals surface area contributed by atoms with Crippen LogP contribution in [-0.2, 0) is 4.74 Å². The van der Waals surface area contributed by atoms with Crippen LogP contribution in [0.15, 0.2) is 0 Å². The molecule has 20 heavy (non-hydrogen) atoms. The summed E-state index contributed by atoms with van der Waals surface area (Å²) in [6.07, 6.45) is -5.76. The molecule has 1 aliphatic rings. The van der Waals surface area contributed by atoms with Crippen molar-refractivity contribution >= 4 is 0 Å². The summed E-state index contributed by atoms with van der Waals surface area (Å²) < 4.78 is 5.23. The maximum absolute atomic E-state index is 9.67. The van der Waals surface area contributed by atoms with Gasteiger partial charge in [0.2, 0.25) is 0 Å². The van der Waals surface area contributed by atoms with Crippen molar-refractivity contribution in [3.05, 3.63) is 0 Å². The molecule has 0 saturated carbocycles. The zero-order chi connectivity index (χ0) is 15.0. The Morgan fingerprint density at radius 1 is 1.00 bits per heavy atom. The Hall–Kier alpha value is -0.320. The Bertz CT molecular complexity index is 252. The van der Waals surface area contributed by atoms with Crippen LogP contribution in [0.1, 0.15) is 0 Å². The quantitative estimate of drug-likeness (QED) is 0.240. The average molecular weight is 294 g/mol. The molecule has 0 radical (unpaired) electrons. The highest BCUT2D eigenvalue weighted by Gasteiger charge is 2.29. The maximum Gasteiger partial charge on any atom is 0.111 e. The molecule has 0 spiro atoms. The van der Waals surface area contributed by atoms with Crippen LogP contribution in [0.3, 0.4) is 0 Å². The van der Waals surface area contributed by atoms with Crippen LogP contribution in [0, 0.1) is 0 Å². The first kappa shape index (κ1) is 17.7. The number of morpholine rings is 1. The van der Waals surface area contributed by atoms with Crippen LogP contribution < -0.4 is 5.32 Å². The van der Waals surface area contributed by atoms with E-state index >= 15 is 0 Å². The van der Waals surface area contributed by atoms with Crippen molar-refractivity contribution in [3.63, 3.8) is 0 Å². The zero-order valence-corrected chi connectivity index (χ0v) is 11.6. The van der Waals surface area contributed by atoms with E-state index < -0.39 is 31.0 Å². The Balaban J connectivity index is 2.13. The minimum absolute atomic E-state index is 0.0979. The van der Waals surface area contributed by atoms with Gasteiger partial charge in [-0.15, -0.1) is 0 Å². The fraction of sp³-hybridized carbons (Fsp3) is 1.00. The molecule has 8 nitrogen and oxygen atoms in total. The minimum atomic E-state index is -1.57. The molecule has 0 aromatic rings. The molecule has 4 atom stereocenters. The molecule has 0 amide bonds. The van der Waals surface area contributed by atoms with E-state index in [4.69, 9.17) is 9.84 Å². The summed E-state index contributed by atoms with van der Waals surface area (Å²) in [5, 5.41) is 49.5. The van der Waals surface area contributed by atoms with E-state index in [1.165, 1.54) is 0 Å². The van der Waals surface area contributed by atoms with E-state index in [9.17, 15) is 20.4 Å². The summed E-state index contributed by atoms with van der Waals surface area (Å²) in [4.78, 5) is 2.23. The first-order valence-corrected chi connectivity index (χ1v) is 6.90. The first-order chi connectivity index (χ1) is 9.56. The maximum atomic E-state index is 9.67. The minimum Gasteiger partial charge on any atom is -0.394 e.